The van der Waals surface area contributed by atoms with E-state index < -0.39 is 57.0 Å². The van der Waals surface area contributed by atoms with Gasteiger partial charge in [0.25, 0.3) is 0 Å². The van der Waals surface area contributed by atoms with Crippen molar-refractivity contribution < 1.29 is 44.7 Å². The third kappa shape index (κ3) is 3.68. The Morgan fingerprint density at radius 2 is 0.940 bits per heavy atom. The van der Waals surface area contributed by atoms with Crippen LogP contribution >= 0.6 is 0 Å². The van der Waals surface area contributed by atoms with Gasteiger partial charge in [-0.3, -0.25) is 0 Å². The lowest BCUT2D eigenvalue weighted by Gasteiger charge is -2.34. The van der Waals surface area contributed by atoms with Crippen LogP contribution in [0.15, 0.2) is 93.8 Å². The Labute approximate surface area is 279 Å². The SMILES string of the molecule is COc1ccc2c3c(oc2c1)C(c1ccc(C#N)cc1)(c1ccc(C#N)cc1)c1oc2cc(OC)ccc2c1C1=C3C(F)(F)C(F)(F)C1(F)F. The molecule has 6 aromatic rings. The molecular weight excluding hydrogens is 662 g/mol. The number of hydrogen-bond acceptors (Lipinski definition) is 6. The van der Waals surface area contributed by atoms with E-state index in [9.17, 15) is 10.5 Å². The van der Waals surface area contributed by atoms with Gasteiger partial charge in [0.05, 0.1) is 37.5 Å². The third-order valence-corrected chi connectivity index (χ3v) is 9.54. The molecule has 248 valence electrons. The van der Waals surface area contributed by atoms with E-state index in [0.717, 1.165) is 0 Å². The molecule has 2 heterocycles. The number of hydrogen-bond donors (Lipinski definition) is 0. The fourth-order valence-corrected chi connectivity index (χ4v) is 7.21. The molecule has 0 aliphatic heterocycles. The Hall–Kier alpha value is -6.14. The van der Waals surface area contributed by atoms with E-state index in [-0.39, 0.29) is 55.7 Å². The summed E-state index contributed by atoms with van der Waals surface area (Å²) in [4.78, 5) is 0. The minimum atomic E-state index is -5.87. The average molecular weight is 683 g/mol. The topological polar surface area (TPSA) is 92.3 Å². The number of ether oxygens (including phenoxy) is 2. The Morgan fingerprint density at radius 3 is 1.28 bits per heavy atom. The fraction of sp³-hybridized carbons (Fsp3) is 0.158. The monoisotopic (exact) mass is 682 g/mol. The van der Waals surface area contributed by atoms with Crippen LogP contribution in [0.1, 0.15) is 44.9 Å². The molecule has 0 radical (unpaired) electrons. The van der Waals surface area contributed by atoms with Crippen LogP contribution < -0.4 is 9.47 Å². The van der Waals surface area contributed by atoms with Crippen molar-refractivity contribution in [3.8, 4) is 23.6 Å². The summed E-state index contributed by atoms with van der Waals surface area (Å²) in [5.41, 5.74) is -6.09. The van der Waals surface area contributed by atoms with Crippen molar-refractivity contribution in [2.75, 3.05) is 14.2 Å². The predicted octanol–water partition coefficient (Wildman–Crippen LogP) is 9.47. The van der Waals surface area contributed by atoms with Crippen molar-refractivity contribution in [2.45, 2.75) is 23.2 Å². The summed E-state index contributed by atoms with van der Waals surface area (Å²) in [7, 11) is 2.68. The molecule has 0 fully saturated rings. The first-order valence-corrected chi connectivity index (χ1v) is 15.0. The molecule has 2 aliphatic rings. The van der Waals surface area contributed by atoms with Crippen molar-refractivity contribution in [3.63, 3.8) is 0 Å². The van der Waals surface area contributed by atoms with Gasteiger partial charge in [0.1, 0.15) is 39.6 Å². The summed E-state index contributed by atoms with van der Waals surface area (Å²) < 4.78 is 121. The third-order valence-electron chi connectivity index (χ3n) is 9.54. The lowest BCUT2D eigenvalue weighted by Crippen LogP contribution is -2.49. The zero-order valence-corrected chi connectivity index (χ0v) is 25.9. The van der Waals surface area contributed by atoms with Gasteiger partial charge in [-0.1, -0.05) is 24.3 Å². The molecule has 2 aromatic heterocycles. The molecule has 6 nitrogen and oxygen atoms in total. The van der Waals surface area contributed by atoms with Crippen LogP contribution in [0.25, 0.3) is 33.1 Å². The normalized spacial score (nSPS) is 17.7. The molecule has 0 atom stereocenters. The van der Waals surface area contributed by atoms with Crippen molar-refractivity contribution in [1.29, 1.82) is 10.5 Å². The van der Waals surface area contributed by atoms with Gasteiger partial charge in [-0.15, -0.1) is 0 Å². The average Bonchev–Trinajstić information content (AvgIpc) is 3.68. The van der Waals surface area contributed by atoms with Crippen LogP contribution in [0.4, 0.5) is 26.3 Å². The van der Waals surface area contributed by atoms with E-state index in [4.69, 9.17) is 18.3 Å². The molecule has 0 unspecified atom stereocenters. The summed E-state index contributed by atoms with van der Waals surface area (Å²) in [5.74, 6) is -17.1. The maximum Gasteiger partial charge on any atom is 0.380 e. The second-order valence-electron chi connectivity index (χ2n) is 11.9. The number of rotatable bonds is 4. The van der Waals surface area contributed by atoms with Gasteiger partial charge in [0.2, 0.25) is 0 Å². The molecule has 0 N–H and O–H groups in total. The van der Waals surface area contributed by atoms with Gasteiger partial charge in [-0.2, -0.15) is 36.9 Å². The quantitative estimate of drug-likeness (QED) is 0.172. The highest BCUT2D eigenvalue weighted by Crippen LogP contribution is 2.70. The van der Waals surface area contributed by atoms with Crippen LogP contribution in [0.2, 0.25) is 0 Å². The number of nitrogens with zero attached hydrogens (tertiary/aromatic N) is 2. The lowest BCUT2D eigenvalue weighted by atomic mass is 9.68. The number of fused-ring (bicyclic) bond motifs is 8. The van der Waals surface area contributed by atoms with Gasteiger partial charge in [-0.25, -0.2) is 0 Å². The minimum Gasteiger partial charge on any atom is -0.497 e. The number of halogens is 6. The highest BCUT2D eigenvalue weighted by Gasteiger charge is 2.82. The molecular formula is C38H20F6N2O4. The minimum absolute atomic E-state index is 0.122. The highest BCUT2D eigenvalue weighted by atomic mass is 19.3. The van der Waals surface area contributed by atoms with E-state index in [1.54, 1.807) is 0 Å². The van der Waals surface area contributed by atoms with E-state index in [0.29, 0.717) is 0 Å². The number of furan rings is 2. The summed E-state index contributed by atoms with van der Waals surface area (Å²) in [5, 5.41) is 18.9. The number of allylic oxidation sites excluding steroid dienone is 2. The fourth-order valence-electron chi connectivity index (χ4n) is 7.21. The van der Waals surface area contributed by atoms with E-state index in [1.165, 1.54) is 99.1 Å². The number of methoxy groups -OCH3 is 2. The van der Waals surface area contributed by atoms with Gasteiger partial charge in [0, 0.05) is 45.2 Å². The molecule has 8 rings (SSSR count). The summed E-state index contributed by atoms with van der Waals surface area (Å²) in [6, 6.07) is 23.6. The Kier molecular flexibility index (Phi) is 6.35. The van der Waals surface area contributed by atoms with Crippen LogP contribution in [0, 0.1) is 22.7 Å². The van der Waals surface area contributed by atoms with Gasteiger partial charge < -0.3 is 18.3 Å². The summed E-state index contributed by atoms with van der Waals surface area (Å²) in [6.07, 6.45) is 0. The van der Waals surface area contributed by atoms with Crippen LogP contribution in [0.3, 0.4) is 0 Å². The maximum absolute atomic E-state index is 16.5. The summed E-state index contributed by atoms with van der Waals surface area (Å²) in [6.45, 7) is 0. The second kappa shape index (κ2) is 10.2. The molecule has 12 heteroatoms. The molecule has 0 saturated heterocycles. The molecule has 0 bridgehead atoms. The Morgan fingerprint density at radius 1 is 0.560 bits per heavy atom. The first-order valence-electron chi connectivity index (χ1n) is 15.0. The number of nitriles is 2. The molecule has 50 heavy (non-hydrogen) atoms. The van der Waals surface area contributed by atoms with Crippen molar-refractivity contribution in [3.05, 3.63) is 130 Å². The van der Waals surface area contributed by atoms with Gasteiger partial charge >= 0.3 is 17.8 Å². The molecule has 0 amide bonds. The summed E-state index contributed by atoms with van der Waals surface area (Å²) >= 11 is 0. The first kappa shape index (κ1) is 31.1. The standard InChI is InChI=1S/C38H20F6N2O4/c1-47-23-11-13-25-27(15-23)49-33-29(25)31-32(37(41,42)38(43,44)36(31,39)40)30-26-14-12-24(48-2)16-28(26)50-34(30)35(33,21-7-3-19(17-45)4-8-21)22-9-5-20(18-46)6-10-22/h3-16H,1-2H3. The second-order valence-corrected chi connectivity index (χ2v) is 11.9. The predicted molar refractivity (Wildman–Crippen MR) is 168 cm³/mol. The zero-order valence-electron chi connectivity index (χ0n) is 25.9. The number of alkyl halides is 6. The first-order chi connectivity index (χ1) is 23.9. The molecule has 4 aromatic carbocycles. The van der Waals surface area contributed by atoms with E-state index in [1.807, 2.05) is 12.1 Å². The van der Waals surface area contributed by atoms with Crippen molar-refractivity contribution in [2.24, 2.45) is 0 Å². The highest BCUT2D eigenvalue weighted by molar-refractivity contribution is 6.13. The van der Waals surface area contributed by atoms with Crippen LogP contribution in [-0.2, 0) is 5.41 Å². The molecule has 2 aliphatic carbocycles. The van der Waals surface area contributed by atoms with Gasteiger partial charge in [0.15, 0.2) is 0 Å². The van der Waals surface area contributed by atoms with E-state index >= 15 is 26.3 Å². The van der Waals surface area contributed by atoms with Gasteiger partial charge in [-0.05, 0) is 59.7 Å². The maximum atomic E-state index is 16.5. The number of benzene rings is 4. The molecule has 0 saturated carbocycles. The lowest BCUT2D eigenvalue weighted by molar-refractivity contribution is -0.254. The van der Waals surface area contributed by atoms with Crippen molar-refractivity contribution >= 4 is 33.1 Å². The largest absolute Gasteiger partial charge is 0.497 e. The zero-order chi connectivity index (χ0) is 35.4. The van der Waals surface area contributed by atoms with Crippen molar-refractivity contribution in [1.82, 2.24) is 0 Å². The Balaban J connectivity index is 1.69. The van der Waals surface area contributed by atoms with Crippen LogP contribution in [0.5, 0.6) is 11.5 Å². The smallest absolute Gasteiger partial charge is 0.380 e. The Bertz CT molecular complexity index is 2340. The molecule has 0 spiro atoms. The van der Waals surface area contributed by atoms with Crippen LogP contribution in [-0.4, -0.2) is 32.0 Å². The van der Waals surface area contributed by atoms with E-state index in [2.05, 4.69) is 0 Å².